The number of carboxylic acid groups (broad SMARTS) is 1. The minimum atomic E-state index is -1.40. The number of carbonyl (C=O) groups is 2. The molecule has 0 aromatic heterocycles. The fraction of sp³-hybridized carbons (Fsp3) is 0.900. The smallest absolute Gasteiger partial charge is 0.548 e. The van der Waals surface area contributed by atoms with Gasteiger partial charge in [0.15, 0.2) is 0 Å². The zero-order valence-corrected chi connectivity index (χ0v) is 19.6. The van der Waals surface area contributed by atoms with Gasteiger partial charge < -0.3 is 15.2 Å². The number of halogens is 1. The van der Waals surface area contributed by atoms with Gasteiger partial charge in [0.2, 0.25) is 0 Å². The van der Waals surface area contributed by atoms with Crippen LogP contribution >= 0.6 is 0 Å². The number of hydrogen-bond acceptors (Lipinski definition) is 5. The topological polar surface area (TPSA) is 78.5 Å². The molecule has 0 saturated carbocycles. The van der Waals surface area contributed by atoms with Crippen LogP contribution in [-0.4, -0.2) is 24.5 Å². The molecule has 0 aliphatic carbocycles. The summed E-state index contributed by atoms with van der Waals surface area (Å²) in [5.41, 5.74) is 0. The Bertz CT molecular complexity index is 372. The number of aliphatic carboxylic acids is 1. The molecular formula is C20H37FNNaO4. The van der Waals surface area contributed by atoms with E-state index in [4.69, 9.17) is 0 Å². The average Bonchev–Trinajstić information content (AvgIpc) is 2.63. The third-order valence-electron chi connectivity index (χ3n) is 4.83. The Balaban J connectivity index is 0. The number of carbonyl (C=O) groups excluding carboxylic acids is 2. The van der Waals surface area contributed by atoms with Crippen molar-refractivity contribution in [1.82, 2.24) is 5.32 Å². The van der Waals surface area contributed by atoms with Gasteiger partial charge in [0.05, 0.1) is 18.4 Å². The van der Waals surface area contributed by atoms with Crippen molar-refractivity contribution in [3.63, 3.8) is 0 Å². The fourth-order valence-electron chi connectivity index (χ4n) is 3.17. The number of carboxylic acids is 1. The molecule has 2 unspecified atom stereocenters. The van der Waals surface area contributed by atoms with E-state index in [9.17, 15) is 19.2 Å². The van der Waals surface area contributed by atoms with Crippen molar-refractivity contribution < 1.29 is 53.7 Å². The summed E-state index contributed by atoms with van der Waals surface area (Å²) in [6.45, 7) is 4.87. The minimum Gasteiger partial charge on any atom is -0.548 e. The van der Waals surface area contributed by atoms with Gasteiger partial charge in [-0.3, -0.25) is 4.94 Å². The summed E-state index contributed by atoms with van der Waals surface area (Å²) in [5.74, 6) is -2.23. The second-order valence-electron chi connectivity index (χ2n) is 7.20. The van der Waals surface area contributed by atoms with E-state index in [-0.39, 0.29) is 29.6 Å². The summed E-state index contributed by atoms with van der Waals surface area (Å²) < 4.78 is 11.9. The first-order valence-electron chi connectivity index (χ1n) is 10.3. The summed E-state index contributed by atoms with van der Waals surface area (Å²) in [7, 11) is 0. The maximum Gasteiger partial charge on any atom is 1.00 e. The zero-order chi connectivity index (χ0) is 19.6. The molecule has 0 rings (SSSR count). The average molecular weight is 398 g/mol. The molecule has 7 heteroatoms. The summed E-state index contributed by atoms with van der Waals surface area (Å²) in [6.07, 6.45) is 13.6. The fourth-order valence-corrected chi connectivity index (χ4v) is 3.17. The molecule has 0 aromatic carbocycles. The van der Waals surface area contributed by atoms with Crippen LogP contribution in [0.15, 0.2) is 0 Å². The predicted octanol–water partition coefficient (Wildman–Crippen LogP) is 0.854. The Labute approximate surface area is 186 Å². The Morgan fingerprint density at radius 1 is 0.926 bits per heavy atom. The SMILES string of the molecule is CCCCCCCCC(CCCCCC)CNC(CC(=O)OF)C(=O)[O-].[Na+]. The van der Waals surface area contributed by atoms with Crippen LogP contribution in [0, 0.1) is 5.92 Å². The van der Waals surface area contributed by atoms with Gasteiger partial charge in [0.1, 0.15) is 0 Å². The van der Waals surface area contributed by atoms with Crippen molar-refractivity contribution in [3.8, 4) is 0 Å². The molecule has 0 aromatic rings. The quantitative estimate of drug-likeness (QED) is 0.274. The molecule has 0 aliphatic rings. The second kappa shape index (κ2) is 20.6. The summed E-state index contributed by atoms with van der Waals surface area (Å²) in [5, 5.41) is 14.0. The summed E-state index contributed by atoms with van der Waals surface area (Å²) in [4.78, 5) is 25.2. The largest absolute Gasteiger partial charge is 1.00 e. The summed E-state index contributed by atoms with van der Waals surface area (Å²) in [6, 6.07) is -1.21. The number of unbranched alkanes of at least 4 members (excludes halogenated alkanes) is 8. The van der Waals surface area contributed by atoms with Gasteiger partial charge in [0.25, 0.3) is 0 Å². The van der Waals surface area contributed by atoms with Crippen LogP contribution in [0.3, 0.4) is 0 Å². The van der Waals surface area contributed by atoms with Gasteiger partial charge in [-0.1, -0.05) is 78.1 Å². The van der Waals surface area contributed by atoms with E-state index < -0.39 is 24.4 Å². The first kappa shape index (κ1) is 29.0. The van der Waals surface area contributed by atoms with Gasteiger partial charge in [0, 0.05) is 4.53 Å². The van der Waals surface area contributed by atoms with Crippen LogP contribution in [0.5, 0.6) is 0 Å². The van der Waals surface area contributed by atoms with Crippen LogP contribution in [0.2, 0.25) is 0 Å². The zero-order valence-electron chi connectivity index (χ0n) is 17.6. The van der Waals surface area contributed by atoms with Crippen molar-refractivity contribution >= 4 is 11.9 Å². The van der Waals surface area contributed by atoms with Crippen LogP contribution in [-0.2, 0) is 14.5 Å². The van der Waals surface area contributed by atoms with Gasteiger partial charge in [-0.15, -0.1) is 0 Å². The molecule has 1 N–H and O–H groups in total. The maximum atomic E-state index is 11.9. The van der Waals surface area contributed by atoms with Crippen LogP contribution in [0.25, 0.3) is 0 Å². The molecule has 0 spiro atoms. The monoisotopic (exact) mass is 397 g/mol. The van der Waals surface area contributed by atoms with Crippen LogP contribution in [0.1, 0.15) is 97.3 Å². The molecule has 5 nitrogen and oxygen atoms in total. The molecule has 0 saturated heterocycles. The number of nitrogens with one attached hydrogen (secondary N) is 1. The Hall–Kier alpha value is -0.170. The molecule has 0 aliphatic heterocycles. The maximum absolute atomic E-state index is 11.9. The van der Waals surface area contributed by atoms with Crippen molar-refractivity contribution in [3.05, 3.63) is 0 Å². The van der Waals surface area contributed by atoms with Crippen molar-refractivity contribution in [1.29, 1.82) is 0 Å². The van der Waals surface area contributed by atoms with Gasteiger partial charge in [-0.2, -0.15) is 0 Å². The van der Waals surface area contributed by atoms with Crippen LogP contribution < -0.4 is 40.0 Å². The standard InChI is InChI=1S/C20H38FNO4.Na/c1-3-5-7-9-10-12-14-17(13-11-8-6-4-2)16-22-18(20(24)25)15-19(23)26-21;/h17-18,22H,3-16H2,1-2H3,(H,24,25);/q;+1/p-1. The van der Waals surface area contributed by atoms with E-state index in [0.717, 1.165) is 25.7 Å². The second-order valence-corrected chi connectivity index (χ2v) is 7.20. The van der Waals surface area contributed by atoms with E-state index in [1.165, 1.54) is 51.4 Å². The van der Waals surface area contributed by atoms with Crippen molar-refractivity contribution in [2.75, 3.05) is 6.54 Å². The van der Waals surface area contributed by atoms with Crippen molar-refractivity contribution in [2.24, 2.45) is 5.92 Å². The van der Waals surface area contributed by atoms with E-state index >= 15 is 0 Å². The predicted molar refractivity (Wildman–Crippen MR) is 98.9 cm³/mol. The first-order valence-corrected chi connectivity index (χ1v) is 10.3. The third-order valence-corrected chi connectivity index (χ3v) is 4.83. The molecule has 154 valence electrons. The Morgan fingerprint density at radius 2 is 1.41 bits per heavy atom. The number of rotatable bonds is 18. The number of hydrogen-bond donors (Lipinski definition) is 1. The molecular weight excluding hydrogens is 360 g/mol. The molecule has 0 bridgehead atoms. The van der Waals surface area contributed by atoms with E-state index in [1.54, 1.807) is 0 Å². The van der Waals surface area contributed by atoms with Gasteiger partial charge >= 0.3 is 35.5 Å². The molecule has 0 heterocycles. The van der Waals surface area contributed by atoms with E-state index in [0.29, 0.717) is 12.5 Å². The molecule has 0 radical (unpaired) electrons. The van der Waals surface area contributed by atoms with Crippen LogP contribution in [0.4, 0.5) is 4.53 Å². The normalized spacial score (nSPS) is 12.9. The minimum absolute atomic E-state index is 0. The van der Waals surface area contributed by atoms with Gasteiger partial charge in [-0.25, -0.2) is 4.79 Å². The molecule has 27 heavy (non-hydrogen) atoms. The molecule has 0 amide bonds. The van der Waals surface area contributed by atoms with E-state index in [1.807, 2.05) is 0 Å². The Morgan fingerprint density at radius 3 is 1.89 bits per heavy atom. The van der Waals surface area contributed by atoms with E-state index in [2.05, 4.69) is 24.1 Å². The molecule has 0 fully saturated rings. The first-order chi connectivity index (χ1) is 12.5. The summed E-state index contributed by atoms with van der Waals surface area (Å²) >= 11 is 0. The van der Waals surface area contributed by atoms with Crippen molar-refractivity contribution in [2.45, 2.75) is 103 Å². The van der Waals surface area contributed by atoms with Gasteiger partial charge in [-0.05, 0) is 25.3 Å². The molecule has 2 atom stereocenters. The Kier molecular flexibility index (Phi) is 22.1. The third kappa shape index (κ3) is 17.6.